The van der Waals surface area contributed by atoms with Crippen LogP contribution >= 0.6 is 11.3 Å². The van der Waals surface area contributed by atoms with Gasteiger partial charge in [-0.3, -0.25) is 4.79 Å². The van der Waals surface area contributed by atoms with Crippen LogP contribution < -0.4 is 5.32 Å². The third kappa shape index (κ3) is 5.04. The van der Waals surface area contributed by atoms with E-state index in [1.54, 1.807) is 11.3 Å². The van der Waals surface area contributed by atoms with Crippen LogP contribution in [0.2, 0.25) is 0 Å². The van der Waals surface area contributed by atoms with Crippen molar-refractivity contribution in [2.45, 2.75) is 18.6 Å². The fourth-order valence-corrected chi connectivity index (χ4v) is 6.74. The molecule has 174 valence electrons. The van der Waals surface area contributed by atoms with Gasteiger partial charge in [0, 0.05) is 30.3 Å². The number of amides is 1. The molecule has 6 nitrogen and oxygen atoms in total. The Morgan fingerprint density at radius 2 is 1.62 bits per heavy atom. The standard InChI is InChI=1S/C26H25N3O3S2/c30-25(20-14-16-29(17-15-20)34(31,32)18-19-6-2-1-3-7-19)27-22-12-10-21(11-13-22)26-28-23-8-4-5-9-24(23)33-26/h1-13,20H,14-18H2,(H,27,30). The number of benzene rings is 3. The molecule has 0 saturated carbocycles. The molecule has 1 aliphatic heterocycles. The summed E-state index contributed by atoms with van der Waals surface area (Å²) in [6.45, 7) is 0.730. The SMILES string of the molecule is O=C(Nc1ccc(-c2nc3ccccc3s2)cc1)C1CCN(S(=O)(=O)Cc2ccccc2)CC1. The number of nitrogens with one attached hydrogen (secondary N) is 1. The van der Waals surface area contributed by atoms with Gasteiger partial charge in [-0.2, -0.15) is 0 Å². The van der Waals surface area contributed by atoms with Crippen molar-refractivity contribution in [3.05, 3.63) is 84.4 Å². The molecule has 3 aromatic carbocycles. The molecule has 2 heterocycles. The van der Waals surface area contributed by atoms with Crippen LogP contribution in [0.25, 0.3) is 20.8 Å². The Labute approximate surface area is 203 Å². The van der Waals surface area contributed by atoms with Crippen molar-refractivity contribution in [1.29, 1.82) is 0 Å². The zero-order valence-corrected chi connectivity index (χ0v) is 20.2. The number of rotatable bonds is 6. The summed E-state index contributed by atoms with van der Waals surface area (Å²) in [5.41, 5.74) is 3.50. The Bertz CT molecular complexity index is 1360. The van der Waals surface area contributed by atoms with Gasteiger partial charge >= 0.3 is 0 Å². The van der Waals surface area contributed by atoms with E-state index in [1.807, 2.05) is 72.8 Å². The van der Waals surface area contributed by atoms with Crippen LogP contribution in [-0.4, -0.2) is 36.7 Å². The van der Waals surface area contributed by atoms with Crippen molar-refractivity contribution in [3.8, 4) is 10.6 Å². The highest BCUT2D eigenvalue weighted by Crippen LogP contribution is 2.31. The van der Waals surface area contributed by atoms with E-state index in [0.717, 1.165) is 32.0 Å². The predicted octanol–water partition coefficient (Wildman–Crippen LogP) is 5.14. The van der Waals surface area contributed by atoms with Gasteiger partial charge in [0.05, 0.1) is 16.0 Å². The maximum absolute atomic E-state index is 12.8. The minimum Gasteiger partial charge on any atom is -0.326 e. The quantitative estimate of drug-likeness (QED) is 0.405. The van der Waals surface area contributed by atoms with Crippen molar-refractivity contribution in [2.75, 3.05) is 18.4 Å². The summed E-state index contributed by atoms with van der Waals surface area (Å²) < 4.78 is 28.2. The van der Waals surface area contributed by atoms with Crippen LogP contribution in [-0.2, 0) is 20.6 Å². The molecule has 0 unspecified atom stereocenters. The number of nitrogens with zero attached hydrogens (tertiary/aromatic N) is 2. The van der Waals surface area contributed by atoms with Gasteiger partial charge < -0.3 is 5.32 Å². The zero-order chi connectivity index (χ0) is 23.5. The first kappa shape index (κ1) is 22.7. The number of hydrogen-bond acceptors (Lipinski definition) is 5. The molecule has 4 aromatic rings. The van der Waals surface area contributed by atoms with Gasteiger partial charge in [0.2, 0.25) is 15.9 Å². The van der Waals surface area contributed by atoms with E-state index in [4.69, 9.17) is 0 Å². The normalized spacial score (nSPS) is 15.4. The summed E-state index contributed by atoms with van der Waals surface area (Å²) >= 11 is 1.64. The average Bonchev–Trinajstić information content (AvgIpc) is 3.29. The van der Waals surface area contributed by atoms with Gasteiger partial charge in [-0.25, -0.2) is 17.7 Å². The first-order valence-corrected chi connectivity index (χ1v) is 13.7. The summed E-state index contributed by atoms with van der Waals surface area (Å²) in [6, 6.07) is 24.9. The molecule has 1 aromatic heterocycles. The molecular weight excluding hydrogens is 466 g/mol. The maximum atomic E-state index is 12.8. The van der Waals surface area contributed by atoms with Crippen LogP contribution in [0.5, 0.6) is 0 Å². The second kappa shape index (κ2) is 9.66. The van der Waals surface area contributed by atoms with Crippen molar-refractivity contribution in [1.82, 2.24) is 9.29 Å². The largest absolute Gasteiger partial charge is 0.326 e. The van der Waals surface area contributed by atoms with E-state index >= 15 is 0 Å². The third-order valence-corrected chi connectivity index (χ3v) is 9.04. The number of anilines is 1. The lowest BCUT2D eigenvalue weighted by Crippen LogP contribution is -2.41. The Morgan fingerprint density at radius 1 is 0.941 bits per heavy atom. The number of piperidine rings is 1. The fraction of sp³-hybridized carbons (Fsp3) is 0.231. The van der Waals surface area contributed by atoms with E-state index in [9.17, 15) is 13.2 Å². The number of carbonyl (C=O) groups is 1. The molecule has 1 amide bonds. The van der Waals surface area contributed by atoms with E-state index in [2.05, 4.69) is 16.4 Å². The van der Waals surface area contributed by atoms with Crippen LogP contribution in [0.3, 0.4) is 0 Å². The molecule has 34 heavy (non-hydrogen) atoms. The molecule has 5 rings (SSSR count). The third-order valence-electron chi connectivity index (χ3n) is 6.10. The molecule has 1 fully saturated rings. The van der Waals surface area contributed by atoms with Crippen molar-refractivity contribution >= 4 is 43.2 Å². The maximum Gasteiger partial charge on any atom is 0.227 e. The number of hydrogen-bond donors (Lipinski definition) is 1. The second-order valence-corrected chi connectivity index (χ2v) is 11.5. The molecule has 1 aliphatic rings. The highest BCUT2D eigenvalue weighted by Gasteiger charge is 2.31. The molecule has 0 atom stereocenters. The lowest BCUT2D eigenvalue weighted by molar-refractivity contribution is -0.120. The summed E-state index contributed by atoms with van der Waals surface area (Å²) in [7, 11) is -3.39. The monoisotopic (exact) mass is 491 g/mol. The number of sulfonamides is 1. The average molecular weight is 492 g/mol. The Balaban J connectivity index is 1.17. The molecule has 0 bridgehead atoms. The first-order valence-electron chi connectivity index (χ1n) is 11.3. The smallest absolute Gasteiger partial charge is 0.227 e. The van der Waals surface area contributed by atoms with Crippen LogP contribution in [0, 0.1) is 5.92 Å². The van der Waals surface area contributed by atoms with Crippen LogP contribution in [0.15, 0.2) is 78.9 Å². The van der Waals surface area contributed by atoms with E-state index in [1.165, 1.54) is 4.31 Å². The summed E-state index contributed by atoms with van der Waals surface area (Å²) in [6.07, 6.45) is 1.04. The minimum absolute atomic E-state index is 0.00822. The van der Waals surface area contributed by atoms with Gasteiger partial charge in [0.1, 0.15) is 5.01 Å². The van der Waals surface area contributed by atoms with Crippen LogP contribution in [0.1, 0.15) is 18.4 Å². The summed E-state index contributed by atoms with van der Waals surface area (Å²) in [5.74, 6) is -0.272. The topological polar surface area (TPSA) is 79.4 Å². The lowest BCUT2D eigenvalue weighted by Gasteiger charge is -2.30. The van der Waals surface area contributed by atoms with Gasteiger partial charge in [-0.05, 0) is 54.8 Å². The Kier molecular flexibility index (Phi) is 6.45. The Morgan fingerprint density at radius 3 is 2.32 bits per heavy atom. The molecule has 0 spiro atoms. The van der Waals surface area contributed by atoms with Crippen molar-refractivity contribution in [3.63, 3.8) is 0 Å². The minimum atomic E-state index is -3.39. The fourth-order valence-electron chi connectivity index (χ4n) is 4.21. The molecule has 0 aliphatic carbocycles. The number of aromatic nitrogens is 1. The van der Waals surface area contributed by atoms with Crippen molar-refractivity contribution < 1.29 is 13.2 Å². The summed E-state index contributed by atoms with van der Waals surface area (Å²) in [5, 5.41) is 3.93. The van der Waals surface area contributed by atoms with E-state index in [-0.39, 0.29) is 17.6 Å². The zero-order valence-electron chi connectivity index (χ0n) is 18.6. The predicted molar refractivity (Wildman–Crippen MR) is 137 cm³/mol. The van der Waals surface area contributed by atoms with Gasteiger partial charge in [-0.1, -0.05) is 42.5 Å². The van der Waals surface area contributed by atoms with Gasteiger partial charge in [-0.15, -0.1) is 11.3 Å². The van der Waals surface area contributed by atoms with E-state index < -0.39 is 10.0 Å². The number of fused-ring (bicyclic) bond motifs is 1. The van der Waals surface area contributed by atoms with E-state index in [0.29, 0.717) is 25.9 Å². The summed E-state index contributed by atoms with van der Waals surface area (Å²) in [4.78, 5) is 17.5. The lowest BCUT2D eigenvalue weighted by atomic mass is 9.97. The molecule has 1 N–H and O–H groups in total. The highest BCUT2D eigenvalue weighted by atomic mass is 32.2. The number of para-hydroxylation sites is 1. The molecular formula is C26H25N3O3S2. The second-order valence-electron chi connectivity index (χ2n) is 8.47. The molecule has 0 radical (unpaired) electrons. The number of thiazole rings is 1. The highest BCUT2D eigenvalue weighted by molar-refractivity contribution is 7.88. The molecule has 1 saturated heterocycles. The van der Waals surface area contributed by atoms with Gasteiger partial charge in [0.15, 0.2) is 0 Å². The first-order chi connectivity index (χ1) is 16.5. The van der Waals surface area contributed by atoms with Gasteiger partial charge in [0.25, 0.3) is 0 Å². The number of carbonyl (C=O) groups excluding carboxylic acids is 1. The van der Waals surface area contributed by atoms with Crippen LogP contribution in [0.4, 0.5) is 5.69 Å². The Hall–Kier alpha value is -3.07. The molecule has 8 heteroatoms. The van der Waals surface area contributed by atoms with Crippen molar-refractivity contribution in [2.24, 2.45) is 5.92 Å².